The molecule has 0 fully saturated rings. The van der Waals surface area contributed by atoms with E-state index in [9.17, 15) is 9.18 Å². The van der Waals surface area contributed by atoms with Gasteiger partial charge in [0.2, 0.25) is 0 Å². The maximum absolute atomic E-state index is 13.1. The number of rotatable bonds is 2. The largest absolute Gasteiger partial charge is 0.462 e. The quantitative estimate of drug-likeness (QED) is 0.741. The van der Waals surface area contributed by atoms with Crippen molar-refractivity contribution in [3.05, 3.63) is 47.3 Å². The normalized spacial score (nSPS) is 10.5. The second-order valence-corrected chi connectivity index (χ2v) is 3.82. The van der Waals surface area contributed by atoms with Crippen molar-refractivity contribution in [3.63, 3.8) is 0 Å². The van der Waals surface area contributed by atoms with E-state index in [1.165, 1.54) is 12.1 Å². The molecule has 2 rings (SSSR count). The molecule has 0 aliphatic heterocycles. The molecule has 17 heavy (non-hydrogen) atoms. The zero-order chi connectivity index (χ0) is 12.4. The highest BCUT2D eigenvalue weighted by atomic mass is 19.1. The molecule has 0 aromatic heterocycles. The smallest absolute Gasteiger partial charge is 0.338 e. The summed E-state index contributed by atoms with van der Waals surface area (Å²) in [5.74, 6) is -0.614. The summed E-state index contributed by atoms with van der Waals surface area (Å²) in [7, 11) is 0. The lowest BCUT2D eigenvalue weighted by Crippen LogP contribution is -2.06. The van der Waals surface area contributed by atoms with E-state index >= 15 is 0 Å². The molecule has 0 aliphatic rings. The van der Waals surface area contributed by atoms with Crippen LogP contribution in [-0.2, 0) is 4.74 Å². The van der Waals surface area contributed by atoms with Gasteiger partial charge in [-0.15, -0.1) is 0 Å². The number of carbonyl (C=O) groups excluding carboxylic acids is 1. The fraction of sp³-hybridized carbons (Fsp3) is 0.214. The van der Waals surface area contributed by atoms with Crippen molar-refractivity contribution in [2.75, 3.05) is 6.61 Å². The minimum Gasteiger partial charge on any atom is -0.462 e. The Bertz CT molecular complexity index is 576. The molecule has 0 bridgehead atoms. The average Bonchev–Trinajstić information content (AvgIpc) is 2.29. The van der Waals surface area contributed by atoms with Crippen LogP contribution in [0.2, 0.25) is 0 Å². The van der Waals surface area contributed by atoms with Crippen LogP contribution in [0.4, 0.5) is 4.39 Å². The lowest BCUT2D eigenvalue weighted by Gasteiger charge is -2.08. The van der Waals surface area contributed by atoms with Crippen LogP contribution in [0.1, 0.15) is 22.8 Å². The average molecular weight is 232 g/mol. The third kappa shape index (κ3) is 2.13. The predicted octanol–water partition coefficient (Wildman–Crippen LogP) is 3.46. The first-order valence-electron chi connectivity index (χ1n) is 5.49. The van der Waals surface area contributed by atoms with E-state index in [1.807, 2.05) is 6.92 Å². The minimum absolute atomic E-state index is 0.277. The topological polar surface area (TPSA) is 26.3 Å². The molecule has 2 aromatic carbocycles. The van der Waals surface area contributed by atoms with Crippen LogP contribution in [0.25, 0.3) is 10.8 Å². The van der Waals surface area contributed by atoms with E-state index < -0.39 is 0 Å². The molecule has 0 radical (unpaired) electrons. The maximum atomic E-state index is 13.1. The molecule has 0 N–H and O–H groups in total. The number of ether oxygens (including phenoxy) is 1. The number of benzene rings is 2. The van der Waals surface area contributed by atoms with Crippen LogP contribution in [0.5, 0.6) is 0 Å². The Labute approximate surface area is 99.0 Å². The summed E-state index contributed by atoms with van der Waals surface area (Å²) in [6.45, 7) is 3.95. The van der Waals surface area contributed by atoms with Gasteiger partial charge in [-0.2, -0.15) is 0 Å². The SMILES string of the molecule is CCOC(=O)c1ccc2cc(F)ccc2c1C. The Morgan fingerprint density at radius 3 is 2.76 bits per heavy atom. The third-order valence-corrected chi connectivity index (χ3v) is 2.75. The molecule has 0 atom stereocenters. The number of hydrogen-bond donors (Lipinski definition) is 0. The zero-order valence-corrected chi connectivity index (χ0v) is 9.79. The molecular formula is C14H13FO2. The molecule has 2 nitrogen and oxygen atoms in total. The highest BCUT2D eigenvalue weighted by Gasteiger charge is 2.12. The number of fused-ring (bicyclic) bond motifs is 1. The van der Waals surface area contributed by atoms with Crippen molar-refractivity contribution < 1.29 is 13.9 Å². The Kier molecular flexibility index (Phi) is 3.09. The van der Waals surface area contributed by atoms with Gasteiger partial charge in [-0.25, -0.2) is 9.18 Å². The first kappa shape index (κ1) is 11.6. The van der Waals surface area contributed by atoms with Gasteiger partial charge in [-0.3, -0.25) is 0 Å². The first-order valence-corrected chi connectivity index (χ1v) is 5.49. The van der Waals surface area contributed by atoms with Crippen LogP contribution < -0.4 is 0 Å². The van der Waals surface area contributed by atoms with Gasteiger partial charge in [0.15, 0.2) is 0 Å². The fourth-order valence-corrected chi connectivity index (χ4v) is 1.89. The molecule has 3 heteroatoms. The fourth-order valence-electron chi connectivity index (χ4n) is 1.89. The second kappa shape index (κ2) is 4.53. The predicted molar refractivity (Wildman–Crippen MR) is 64.6 cm³/mol. The van der Waals surface area contributed by atoms with Crippen molar-refractivity contribution in [1.29, 1.82) is 0 Å². The highest BCUT2D eigenvalue weighted by Crippen LogP contribution is 2.23. The van der Waals surface area contributed by atoms with Crippen LogP contribution in [0.3, 0.4) is 0 Å². The van der Waals surface area contributed by atoms with Crippen LogP contribution in [-0.4, -0.2) is 12.6 Å². The summed E-state index contributed by atoms with van der Waals surface area (Å²) < 4.78 is 18.0. The second-order valence-electron chi connectivity index (χ2n) is 3.82. The Balaban J connectivity index is 2.58. The van der Waals surface area contributed by atoms with Crippen LogP contribution in [0.15, 0.2) is 30.3 Å². The van der Waals surface area contributed by atoms with E-state index in [0.717, 1.165) is 16.3 Å². The number of halogens is 1. The lowest BCUT2D eigenvalue weighted by atomic mass is 10.00. The minimum atomic E-state index is -0.337. The van der Waals surface area contributed by atoms with E-state index in [-0.39, 0.29) is 11.8 Å². The summed E-state index contributed by atoms with van der Waals surface area (Å²) in [6.07, 6.45) is 0. The van der Waals surface area contributed by atoms with Gasteiger partial charge in [-0.05, 0) is 48.4 Å². The van der Waals surface area contributed by atoms with Gasteiger partial charge in [-0.1, -0.05) is 12.1 Å². The van der Waals surface area contributed by atoms with Gasteiger partial charge < -0.3 is 4.74 Å². The molecule has 0 saturated carbocycles. The number of aryl methyl sites for hydroxylation is 1. The first-order chi connectivity index (χ1) is 8.13. The van der Waals surface area contributed by atoms with Crippen LogP contribution in [0, 0.1) is 12.7 Å². The monoisotopic (exact) mass is 232 g/mol. The summed E-state index contributed by atoms with van der Waals surface area (Å²) in [6, 6.07) is 7.94. The Morgan fingerprint density at radius 1 is 1.29 bits per heavy atom. The zero-order valence-electron chi connectivity index (χ0n) is 9.79. The third-order valence-electron chi connectivity index (χ3n) is 2.75. The lowest BCUT2D eigenvalue weighted by molar-refractivity contribution is 0.0526. The summed E-state index contributed by atoms with van der Waals surface area (Å²) >= 11 is 0. The molecule has 0 aliphatic carbocycles. The summed E-state index contributed by atoms with van der Waals surface area (Å²) in [5.41, 5.74) is 1.35. The molecule has 88 valence electrons. The molecule has 2 aromatic rings. The molecular weight excluding hydrogens is 219 g/mol. The van der Waals surface area contributed by atoms with Crippen molar-refractivity contribution in [3.8, 4) is 0 Å². The van der Waals surface area contributed by atoms with Gasteiger partial charge >= 0.3 is 5.97 Å². The van der Waals surface area contributed by atoms with E-state index in [0.29, 0.717) is 12.2 Å². The molecule has 0 amide bonds. The van der Waals surface area contributed by atoms with Crippen molar-refractivity contribution in [2.45, 2.75) is 13.8 Å². The molecule has 0 spiro atoms. The maximum Gasteiger partial charge on any atom is 0.338 e. The van der Waals surface area contributed by atoms with Gasteiger partial charge in [0.05, 0.1) is 12.2 Å². The number of hydrogen-bond acceptors (Lipinski definition) is 2. The van der Waals surface area contributed by atoms with Crippen molar-refractivity contribution in [2.24, 2.45) is 0 Å². The van der Waals surface area contributed by atoms with E-state index in [4.69, 9.17) is 4.74 Å². The van der Waals surface area contributed by atoms with Crippen molar-refractivity contribution >= 4 is 16.7 Å². The Morgan fingerprint density at radius 2 is 2.06 bits per heavy atom. The van der Waals surface area contributed by atoms with Crippen LogP contribution >= 0.6 is 0 Å². The molecule has 0 saturated heterocycles. The number of carbonyl (C=O) groups is 1. The molecule has 0 heterocycles. The van der Waals surface area contributed by atoms with E-state index in [1.54, 1.807) is 25.1 Å². The standard InChI is InChI=1S/C14H13FO2/c1-3-17-14(16)13-6-4-10-8-11(15)5-7-12(10)9(13)2/h4-8H,3H2,1-2H3. The van der Waals surface area contributed by atoms with Gasteiger partial charge in [0, 0.05) is 0 Å². The Hall–Kier alpha value is -1.90. The van der Waals surface area contributed by atoms with E-state index in [2.05, 4.69) is 0 Å². The van der Waals surface area contributed by atoms with Crippen molar-refractivity contribution in [1.82, 2.24) is 0 Å². The van der Waals surface area contributed by atoms with Gasteiger partial charge in [0.25, 0.3) is 0 Å². The summed E-state index contributed by atoms with van der Waals surface area (Å²) in [4.78, 5) is 11.7. The molecule has 0 unspecified atom stereocenters. The summed E-state index contributed by atoms with van der Waals surface area (Å²) in [5, 5.41) is 1.66. The van der Waals surface area contributed by atoms with Gasteiger partial charge in [0.1, 0.15) is 5.82 Å². The number of esters is 1. The highest BCUT2D eigenvalue weighted by molar-refractivity contribution is 5.98.